The molecule has 1 fully saturated rings. The predicted octanol–water partition coefficient (Wildman–Crippen LogP) is 6.00. The maximum Gasteiger partial charge on any atom is 0.141 e. The molecule has 0 amide bonds. The minimum Gasteiger partial charge on any atom is -0.348 e. The second-order valence-corrected chi connectivity index (χ2v) is 8.34. The molecule has 30 heavy (non-hydrogen) atoms. The molecule has 1 aliphatic rings. The molecule has 1 aliphatic heterocycles. The quantitative estimate of drug-likeness (QED) is 0.472. The zero-order valence-electron chi connectivity index (χ0n) is 15.7. The molecule has 0 bridgehead atoms. The average Bonchev–Trinajstić information content (AvgIpc) is 3.49. The normalized spacial score (nSPS) is 19.7. The number of epoxide rings is 1. The molecule has 0 saturated carbocycles. The van der Waals surface area contributed by atoms with Crippen molar-refractivity contribution in [1.29, 1.82) is 5.26 Å². The molecule has 1 saturated heterocycles. The van der Waals surface area contributed by atoms with E-state index < -0.39 is 17.6 Å². The molecule has 3 atom stereocenters. The van der Waals surface area contributed by atoms with Gasteiger partial charge in [-0.25, -0.2) is 4.39 Å². The SMILES string of the molecule is CC(NC1OC1c1ccc(C#N)c(F)c1)(c1ccc(Cl)c(Cl)c1)c1ccc(Cl)cn1. The third kappa shape index (κ3) is 4.02. The summed E-state index contributed by atoms with van der Waals surface area (Å²) >= 11 is 18.4. The average molecular weight is 463 g/mol. The molecule has 3 unspecified atom stereocenters. The van der Waals surface area contributed by atoms with E-state index in [1.807, 2.05) is 25.1 Å². The van der Waals surface area contributed by atoms with Crippen LogP contribution in [0, 0.1) is 17.1 Å². The highest BCUT2D eigenvalue weighted by atomic mass is 35.5. The first-order valence-electron chi connectivity index (χ1n) is 9.02. The molecule has 152 valence electrons. The summed E-state index contributed by atoms with van der Waals surface area (Å²) in [5.74, 6) is -0.573. The Kier molecular flexibility index (Phi) is 5.71. The van der Waals surface area contributed by atoms with Crippen LogP contribution in [0.15, 0.2) is 54.7 Å². The van der Waals surface area contributed by atoms with Gasteiger partial charge in [-0.3, -0.25) is 10.3 Å². The molecule has 2 heterocycles. The van der Waals surface area contributed by atoms with Crippen LogP contribution < -0.4 is 5.32 Å². The first-order chi connectivity index (χ1) is 14.3. The molecule has 3 aromatic rings. The number of hydrogen-bond acceptors (Lipinski definition) is 4. The predicted molar refractivity (Wildman–Crippen MR) is 114 cm³/mol. The van der Waals surface area contributed by atoms with Crippen molar-refractivity contribution in [2.75, 3.05) is 0 Å². The van der Waals surface area contributed by atoms with Gasteiger partial charge >= 0.3 is 0 Å². The van der Waals surface area contributed by atoms with E-state index in [2.05, 4.69) is 10.3 Å². The topological polar surface area (TPSA) is 61.2 Å². The Balaban J connectivity index is 1.66. The van der Waals surface area contributed by atoms with Gasteiger partial charge < -0.3 is 4.74 Å². The van der Waals surface area contributed by atoms with Crippen LogP contribution in [0.3, 0.4) is 0 Å². The third-order valence-electron chi connectivity index (χ3n) is 5.10. The van der Waals surface area contributed by atoms with Gasteiger partial charge in [-0.1, -0.05) is 46.9 Å². The lowest BCUT2D eigenvalue weighted by atomic mass is 9.87. The van der Waals surface area contributed by atoms with Gasteiger partial charge in [0.1, 0.15) is 24.2 Å². The van der Waals surface area contributed by atoms with E-state index in [1.165, 1.54) is 12.1 Å². The van der Waals surface area contributed by atoms with Gasteiger partial charge in [0.15, 0.2) is 0 Å². The van der Waals surface area contributed by atoms with Gasteiger partial charge in [-0.05, 0) is 54.4 Å². The number of nitriles is 1. The Morgan fingerprint density at radius 1 is 1.10 bits per heavy atom. The Labute approximate surface area is 188 Å². The molecular weight excluding hydrogens is 448 g/mol. The molecule has 0 spiro atoms. The van der Waals surface area contributed by atoms with Crippen LogP contribution in [-0.4, -0.2) is 11.2 Å². The van der Waals surface area contributed by atoms with Crippen molar-refractivity contribution in [3.05, 3.63) is 98.0 Å². The van der Waals surface area contributed by atoms with Crippen LogP contribution in [0.1, 0.15) is 35.4 Å². The summed E-state index contributed by atoms with van der Waals surface area (Å²) in [6.45, 7) is 1.95. The van der Waals surface area contributed by atoms with Gasteiger partial charge in [-0.15, -0.1) is 0 Å². The number of benzene rings is 2. The molecule has 8 heteroatoms. The fourth-order valence-electron chi connectivity index (χ4n) is 3.34. The van der Waals surface area contributed by atoms with Crippen molar-refractivity contribution < 1.29 is 9.13 Å². The van der Waals surface area contributed by atoms with E-state index in [9.17, 15) is 4.39 Å². The second-order valence-electron chi connectivity index (χ2n) is 7.09. The molecular formula is C22H15Cl3FN3O. The van der Waals surface area contributed by atoms with E-state index in [4.69, 9.17) is 44.8 Å². The molecule has 4 nitrogen and oxygen atoms in total. The second kappa shape index (κ2) is 8.14. The fraction of sp³-hybridized carbons (Fsp3) is 0.182. The van der Waals surface area contributed by atoms with Crippen LogP contribution in [-0.2, 0) is 10.3 Å². The molecule has 1 N–H and O–H groups in total. The van der Waals surface area contributed by atoms with Gasteiger partial charge in [0.05, 0.1) is 31.9 Å². The van der Waals surface area contributed by atoms with E-state index >= 15 is 0 Å². The van der Waals surface area contributed by atoms with E-state index in [1.54, 1.807) is 30.5 Å². The Morgan fingerprint density at radius 2 is 1.90 bits per heavy atom. The van der Waals surface area contributed by atoms with E-state index in [0.29, 0.717) is 26.3 Å². The van der Waals surface area contributed by atoms with Crippen molar-refractivity contribution in [3.63, 3.8) is 0 Å². The van der Waals surface area contributed by atoms with Crippen LogP contribution in [0.5, 0.6) is 0 Å². The van der Waals surface area contributed by atoms with E-state index in [-0.39, 0.29) is 11.7 Å². The molecule has 1 aromatic heterocycles. The number of nitrogens with zero attached hydrogens (tertiary/aromatic N) is 2. The Bertz CT molecular complexity index is 1150. The van der Waals surface area contributed by atoms with Gasteiger partial charge in [0.2, 0.25) is 0 Å². The van der Waals surface area contributed by atoms with Crippen molar-refractivity contribution in [3.8, 4) is 6.07 Å². The highest BCUT2D eigenvalue weighted by Gasteiger charge is 2.46. The minimum absolute atomic E-state index is 0.00471. The summed E-state index contributed by atoms with van der Waals surface area (Å²) in [7, 11) is 0. The smallest absolute Gasteiger partial charge is 0.141 e. The monoisotopic (exact) mass is 461 g/mol. The van der Waals surface area contributed by atoms with Crippen molar-refractivity contribution >= 4 is 34.8 Å². The van der Waals surface area contributed by atoms with Crippen LogP contribution >= 0.6 is 34.8 Å². The first kappa shape index (κ1) is 21.0. The molecule has 0 radical (unpaired) electrons. The lowest BCUT2D eigenvalue weighted by Gasteiger charge is -2.31. The summed E-state index contributed by atoms with van der Waals surface area (Å²) in [6, 6.07) is 15.2. The number of nitrogens with one attached hydrogen (secondary N) is 1. The number of halogens is 4. The third-order valence-corrected chi connectivity index (χ3v) is 6.06. The van der Waals surface area contributed by atoms with Crippen LogP contribution in [0.2, 0.25) is 15.1 Å². The minimum atomic E-state index is -0.788. The Morgan fingerprint density at radius 3 is 2.53 bits per heavy atom. The van der Waals surface area contributed by atoms with Crippen molar-refractivity contribution in [2.45, 2.75) is 24.8 Å². The summed E-state index contributed by atoms with van der Waals surface area (Å²) in [5.41, 5.74) is 1.38. The zero-order valence-corrected chi connectivity index (χ0v) is 17.9. The van der Waals surface area contributed by atoms with E-state index in [0.717, 1.165) is 5.56 Å². The molecule has 2 aromatic carbocycles. The standard InChI is InChI=1S/C22H15Cl3FN3O/c1-22(19-7-5-15(23)11-28-19,14-4-6-16(24)17(25)9-14)29-21-20(30-21)12-2-3-13(10-27)18(26)8-12/h2-9,11,20-21,29H,1H3. The first-order valence-corrected chi connectivity index (χ1v) is 10.2. The molecule has 4 rings (SSSR count). The van der Waals surface area contributed by atoms with Crippen molar-refractivity contribution in [2.24, 2.45) is 0 Å². The summed E-state index contributed by atoms with van der Waals surface area (Å²) in [6.07, 6.45) is 0.811. The van der Waals surface area contributed by atoms with Crippen molar-refractivity contribution in [1.82, 2.24) is 10.3 Å². The number of aromatic nitrogens is 1. The highest BCUT2D eigenvalue weighted by molar-refractivity contribution is 6.42. The lowest BCUT2D eigenvalue weighted by molar-refractivity contribution is 0.297. The Hall–Kier alpha value is -2.20. The van der Waals surface area contributed by atoms with Gasteiger partial charge in [0, 0.05) is 6.20 Å². The zero-order chi connectivity index (χ0) is 21.5. The van der Waals surface area contributed by atoms with Gasteiger partial charge in [0.25, 0.3) is 0 Å². The summed E-state index contributed by atoms with van der Waals surface area (Å²) in [4.78, 5) is 4.47. The van der Waals surface area contributed by atoms with Crippen LogP contribution in [0.25, 0.3) is 0 Å². The van der Waals surface area contributed by atoms with Crippen LogP contribution in [0.4, 0.5) is 4.39 Å². The summed E-state index contributed by atoms with van der Waals surface area (Å²) in [5, 5.41) is 13.7. The van der Waals surface area contributed by atoms with Gasteiger partial charge in [-0.2, -0.15) is 5.26 Å². The number of rotatable bonds is 5. The largest absolute Gasteiger partial charge is 0.348 e. The fourth-order valence-corrected chi connectivity index (χ4v) is 3.75. The number of pyridine rings is 1. The molecule has 0 aliphatic carbocycles. The highest BCUT2D eigenvalue weighted by Crippen LogP contribution is 2.42. The summed E-state index contributed by atoms with van der Waals surface area (Å²) < 4.78 is 19.8. The maximum atomic E-state index is 14.0. The lowest BCUT2D eigenvalue weighted by Crippen LogP contribution is -2.43. The number of ether oxygens (including phenoxy) is 1. The number of hydrogen-bond donors (Lipinski definition) is 1. The maximum absolute atomic E-state index is 14.0.